The fourth-order valence-electron chi connectivity index (χ4n) is 2.23. The van der Waals surface area contributed by atoms with Gasteiger partial charge in [-0.15, -0.1) is 0 Å². The second kappa shape index (κ2) is 6.51. The fourth-order valence-corrected chi connectivity index (χ4v) is 2.70. The van der Waals surface area contributed by atoms with E-state index in [0.717, 1.165) is 17.7 Å². The van der Waals surface area contributed by atoms with Crippen LogP contribution < -0.4 is 4.74 Å². The molecule has 0 aliphatic carbocycles. The van der Waals surface area contributed by atoms with Crippen LogP contribution in [-0.4, -0.2) is 7.11 Å². The lowest BCUT2D eigenvalue weighted by Gasteiger charge is -2.13. The van der Waals surface area contributed by atoms with Crippen molar-refractivity contribution in [2.24, 2.45) is 0 Å². The van der Waals surface area contributed by atoms with Gasteiger partial charge in [-0.1, -0.05) is 55.2 Å². The minimum absolute atomic E-state index is 0.443. The van der Waals surface area contributed by atoms with Crippen molar-refractivity contribution in [3.63, 3.8) is 0 Å². The number of rotatable bonds is 4. The van der Waals surface area contributed by atoms with Crippen LogP contribution in [0.1, 0.15) is 36.5 Å². The highest BCUT2D eigenvalue weighted by molar-refractivity contribution is 6.35. The van der Waals surface area contributed by atoms with Crippen molar-refractivity contribution in [2.75, 3.05) is 7.11 Å². The molecule has 0 unspecified atom stereocenters. The van der Waals surface area contributed by atoms with Crippen molar-refractivity contribution < 1.29 is 4.74 Å². The van der Waals surface area contributed by atoms with E-state index in [1.165, 1.54) is 11.1 Å². The molecule has 0 fully saturated rings. The van der Waals surface area contributed by atoms with E-state index in [1.54, 1.807) is 13.2 Å². The molecule has 0 atom stereocenters. The molecule has 0 spiro atoms. The Bertz CT molecular complexity index is 606. The van der Waals surface area contributed by atoms with Crippen molar-refractivity contribution in [3.8, 4) is 5.75 Å². The Hall–Kier alpha value is -1.18. The first-order valence-electron chi connectivity index (χ1n) is 6.62. The van der Waals surface area contributed by atoms with Gasteiger partial charge >= 0.3 is 0 Å². The molecule has 0 saturated heterocycles. The van der Waals surface area contributed by atoms with Crippen molar-refractivity contribution in [3.05, 3.63) is 63.1 Å². The summed E-state index contributed by atoms with van der Waals surface area (Å²) in [6.07, 6.45) is 0.769. The van der Waals surface area contributed by atoms with Crippen LogP contribution in [0.15, 0.2) is 36.4 Å². The molecule has 2 aromatic rings. The molecule has 3 heteroatoms. The number of hydrogen-bond donors (Lipinski definition) is 0. The van der Waals surface area contributed by atoms with E-state index in [4.69, 9.17) is 27.9 Å². The van der Waals surface area contributed by atoms with E-state index in [9.17, 15) is 0 Å². The Morgan fingerprint density at radius 1 is 1.05 bits per heavy atom. The largest absolute Gasteiger partial charge is 0.496 e. The van der Waals surface area contributed by atoms with Crippen LogP contribution in [-0.2, 0) is 6.42 Å². The van der Waals surface area contributed by atoms with Gasteiger partial charge in [-0.25, -0.2) is 0 Å². The van der Waals surface area contributed by atoms with Crippen LogP contribution in [0.25, 0.3) is 0 Å². The van der Waals surface area contributed by atoms with Gasteiger partial charge < -0.3 is 4.74 Å². The van der Waals surface area contributed by atoms with Gasteiger partial charge in [-0.2, -0.15) is 0 Å². The summed E-state index contributed by atoms with van der Waals surface area (Å²) in [4.78, 5) is 0. The molecular weight excluding hydrogens is 291 g/mol. The van der Waals surface area contributed by atoms with E-state index in [-0.39, 0.29) is 0 Å². The molecule has 0 aromatic heterocycles. The Morgan fingerprint density at radius 2 is 1.80 bits per heavy atom. The quantitative estimate of drug-likeness (QED) is 0.702. The molecule has 2 aromatic carbocycles. The lowest BCUT2D eigenvalue weighted by atomic mass is 9.97. The van der Waals surface area contributed by atoms with Crippen LogP contribution in [0.4, 0.5) is 0 Å². The smallest absolute Gasteiger partial charge is 0.122 e. The van der Waals surface area contributed by atoms with Crippen molar-refractivity contribution >= 4 is 23.2 Å². The van der Waals surface area contributed by atoms with Gasteiger partial charge in [0.15, 0.2) is 0 Å². The summed E-state index contributed by atoms with van der Waals surface area (Å²) in [6, 6.07) is 11.9. The lowest BCUT2D eigenvalue weighted by molar-refractivity contribution is 0.407. The Balaban J connectivity index is 2.30. The Labute approximate surface area is 130 Å². The molecule has 1 nitrogen and oxygen atoms in total. The monoisotopic (exact) mass is 308 g/mol. The third-order valence-electron chi connectivity index (χ3n) is 3.33. The third kappa shape index (κ3) is 3.47. The van der Waals surface area contributed by atoms with Gasteiger partial charge in [0.25, 0.3) is 0 Å². The van der Waals surface area contributed by atoms with Crippen molar-refractivity contribution in [2.45, 2.75) is 26.2 Å². The zero-order chi connectivity index (χ0) is 14.7. The first-order valence-corrected chi connectivity index (χ1v) is 7.37. The number of halogens is 2. The van der Waals surface area contributed by atoms with Crippen LogP contribution in [0, 0.1) is 0 Å². The van der Waals surface area contributed by atoms with Crippen molar-refractivity contribution in [1.29, 1.82) is 0 Å². The summed E-state index contributed by atoms with van der Waals surface area (Å²) < 4.78 is 5.48. The molecule has 0 radical (unpaired) electrons. The second-order valence-electron chi connectivity index (χ2n) is 5.14. The van der Waals surface area contributed by atoms with Crippen LogP contribution in [0.3, 0.4) is 0 Å². The van der Waals surface area contributed by atoms with Gasteiger partial charge in [-0.3, -0.25) is 0 Å². The average Bonchev–Trinajstić information content (AvgIpc) is 2.41. The minimum atomic E-state index is 0.443. The number of ether oxygens (including phenoxy) is 1. The summed E-state index contributed by atoms with van der Waals surface area (Å²) in [6.45, 7) is 4.32. The molecule has 0 aliphatic heterocycles. The zero-order valence-corrected chi connectivity index (χ0v) is 13.4. The molecule has 0 saturated carbocycles. The molecular formula is C17H18Cl2O. The van der Waals surface area contributed by atoms with Crippen LogP contribution in [0.2, 0.25) is 10.0 Å². The molecule has 2 rings (SSSR count). The molecule has 0 bridgehead atoms. The van der Waals surface area contributed by atoms with Crippen molar-refractivity contribution in [1.82, 2.24) is 0 Å². The van der Waals surface area contributed by atoms with E-state index in [0.29, 0.717) is 16.0 Å². The maximum atomic E-state index is 6.22. The maximum Gasteiger partial charge on any atom is 0.122 e. The predicted octanol–water partition coefficient (Wildman–Crippen LogP) is 5.72. The summed E-state index contributed by atoms with van der Waals surface area (Å²) in [5.41, 5.74) is 3.46. The number of benzene rings is 2. The maximum absolute atomic E-state index is 6.22. The molecule has 0 heterocycles. The SMILES string of the molecule is COc1cc(Cc2ccc(Cl)cc2Cl)ccc1C(C)C. The average molecular weight is 309 g/mol. The highest BCUT2D eigenvalue weighted by atomic mass is 35.5. The first kappa shape index (κ1) is 15.2. The normalized spacial score (nSPS) is 10.9. The summed E-state index contributed by atoms with van der Waals surface area (Å²) in [5, 5.41) is 1.36. The van der Waals surface area contributed by atoms with Gasteiger partial charge in [0.05, 0.1) is 7.11 Å². The predicted molar refractivity (Wildman–Crippen MR) is 86.4 cm³/mol. The molecule has 0 amide bonds. The van der Waals surface area contributed by atoms with Crippen LogP contribution >= 0.6 is 23.2 Å². The lowest BCUT2D eigenvalue weighted by Crippen LogP contribution is -1.97. The number of hydrogen-bond acceptors (Lipinski definition) is 1. The summed E-state index contributed by atoms with van der Waals surface area (Å²) in [7, 11) is 1.71. The summed E-state index contributed by atoms with van der Waals surface area (Å²) in [5.74, 6) is 1.38. The molecule has 0 N–H and O–H groups in total. The fraction of sp³-hybridized carbons (Fsp3) is 0.294. The van der Waals surface area contributed by atoms with E-state index in [1.807, 2.05) is 12.1 Å². The highest BCUT2D eigenvalue weighted by Crippen LogP contribution is 2.29. The van der Waals surface area contributed by atoms with E-state index < -0.39 is 0 Å². The summed E-state index contributed by atoms with van der Waals surface area (Å²) >= 11 is 12.1. The first-order chi connectivity index (χ1) is 9.51. The number of methoxy groups -OCH3 is 1. The standard InChI is InChI=1S/C17H18Cl2O/c1-11(2)15-7-4-12(9-17(15)20-3)8-13-5-6-14(18)10-16(13)19/h4-7,9-11H,8H2,1-3H3. The van der Waals surface area contributed by atoms with Gasteiger partial charge in [0, 0.05) is 10.0 Å². The Morgan fingerprint density at radius 3 is 2.40 bits per heavy atom. The topological polar surface area (TPSA) is 9.23 Å². The van der Waals surface area contributed by atoms with Gasteiger partial charge in [-0.05, 0) is 47.2 Å². The minimum Gasteiger partial charge on any atom is -0.496 e. The van der Waals surface area contributed by atoms with Gasteiger partial charge in [0.2, 0.25) is 0 Å². The highest BCUT2D eigenvalue weighted by Gasteiger charge is 2.09. The Kier molecular flexibility index (Phi) is 4.95. The second-order valence-corrected chi connectivity index (χ2v) is 5.99. The molecule has 106 valence electrons. The molecule has 0 aliphatic rings. The zero-order valence-electron chi connectivity index (χ0n) is 11.9. The van der Waals surface area contributed by atoms with Gasteiger partial charge in [0.1, 0.15) is 5.75 Å². The molecule has 20 heavy (non-hydrogen) atoms. The third-order valence-corrected chi connectivity index (χ3v) is 3.92. The van der Waals surface area contributed by atoms with E-state index >= 15 is 0 Å². The van der Waals surface area contributed by atoms with Crippen LogP contribution in [0.5, 0.6) is 5.75 Å². The van der Waals surface area contributed by atoms with E-state index in [2.05, 4.69) is 32.0 Å².